The van der Waals surface area contributed by atoms with Crippen LogP contribution in [-0.2, 0) is 6.42 Å². The number of aromatic nitrogens is 3. The van der Waals surface area contributed by atoms with E-state index in [1.807, 2.05) is 5.01 Å². The number of nitrogens with one attached hydrogen (secondary N) is 2. The van der Waals surface area contributed by atoms with E-state index in [1.54, 1.807) is 18.4 Å². The molecule has 2 N–H and O–H groups in total. The maximum Gasteiger partial charge on any atom is 0.274 e. The molecule has 0 aliphatic carbocycles. The average molecular weight is 290 g/mol. The molecule has 21 heavy (non-hydrogen) atoms. The SMILES string of the molecule is CN1CCN(Nc2nnc(Cc3ccco3)c(=O)[nH]2)CC1. The fraction of sp³-hybridized carbons (Fsp3) is 0.462. The number of rotatable bonds is 4. The van der Waals surface area contributed by atoms with Crippen molar-refractivity contribution in [2.75, 3.05) is 38.7 Å². The van der Waals surface area contributed by atoms with Crippen LogP contribution in [0.15, 0.2) is 27.6 Å². The fourth-order valence-electron chi connectivity index (χ4n) is 2.17. The van der Waals surface area contributed by atoms with Crippen LogP contribution >= 0.6 is 0 Å². The third-order valence-corrected chi connectivity index (χ3v) is 3.45. The van der Waals surface area contributed by atoms with E-state index in [0.29, 0.717) is 23.8 Å². The minimum atomic E-state index is -0.252. The Kier molecular flexibility index (Phi) is 3.98. The van der Waals surface area contributed by atoms with Gasteiger partial charge in [-0.2, -0.15) is 0 Å². The van der Waals surface area contributed by atoms with E-state index in [4.69, 9.17) is 4.42 Å². The van der Waals surface area contributed by atoms with Crippen LogP contribution in [0.1, 0.15) is 11.5 Å². The molecule has 1 aliphatic rings. The second kappa shape index (κ2) is 6.06. The zero-order valence-electron chi connectivity index (χ0n) is 11.9. The highest BCUT2D eigenvalue weighted by molar-refractivity contribution is 5.21. The molecule has 8 heteroatoms. The second-order valence-corrected chi connectivity index (χ2v) is 5.11. The summed E-state index contributed by atoms with van der Waals surface area (Å²) in [6, 6.07) is 3.58. The van der Waals surface area contributed by atoms with Crippen LogP contribution in [0.5, 0.6) is 0 Å². The molecule has 8 nitrogen and oxygen atoms in total. The number of likely N-dealkylation sites (N-methyl/N-ethyl adjacent to an activating group) is 1. The number of anilines is 1. The monoisotopic (exact) mass is 290 g/mol. The summed E-state index contributed by atoms with van der Waals surface area (Å²) in [5.74, 6) is 1.06. The standard InChI is InChI=1S/C13H18N6O2/c1-18-4-6-19(7-5-18)17-13-14-12(20)11(15-16-13)9-10-3-2-8-21-10/h2-3,8H,4-7,9H2,1H3,(H2,14,16,17,20). The molecule has 0 aromatic carbocycles. The first-order chi connectivity index (χ1) is 10.2. The Balaban J connectivity index is 1.65. The number of aromatic amines is 1. The molecular formula is C13H18N6O2. The number of piperazine rings is 1. The smallest absolute Gasteiger partial charge is 0.274 e. The van der Waals surface area contributed by atoms with Crippen molar-refractivity contribution in [3.8, 4) is 0 Å². The van der Waals surface area contributed by atoms with Crippen LogP contribution in [0, 0.1) is 0 Å². The van der Waals surface area contributed by atoms with Crippen molar-refractivity contribution in [1.82, 2.24) is 25.1 Å². The lowest BCUT2D eigenvalue weighted by molar-refractivity contribution is 0.178. The van der Waals surface area contributed by atoms with E-state index in [1.165, 1.54) is 0 Å². The Morgan fingerprint density at radius 2 is 2.14 bits per heavy atom. The minimum Gasteiger partial charge on any atom is -0.469 e. The second-order valence-electron chi connectivity index (χ2n) is 5.11. The lowest BCUT2D eigenvalue weighted by Gasteiger charge is -2.32. The maximum absolute atomic E-state index is 12.0. The molecule has 1 fully saturated rings. The normalized spacial score (nSPS) is 17.0. The number of hydrogen-bond donors (Lipinski definition) is 2. The fourth-order valence-corrected chi connectivity index (χ4v) is 2.17. The summed E-state index contributed by atoms with van der Waals surface area (Å²) < 4.78 is 5.21. The van der Waals surface area contributed by atoms with Crippen molar-refractivity contribution >= 4 is 5.95 Å². The van der Waals surface area contributed by atoms with E-state index in [0.717, 1.165) is 26.2 Å². The molecule has 0 unspecified atom stereocenters. The van der Waals surface area contributed by atoms with Gasteiger partial charge in [0.15, 0.2) is 0 Å². The molecule has 0 radical (unpaired) electrons. The van der Waals surface area contributed by atoms with Crippen molar-refractivity contribution in [2.45, 2.75) is 6.42 Å². The van der Waals surface area contributed by atoms with Gasteiger partial charge < -0.3 is 9.32 Å². The van der Waals surface area contributed by atoms with Crippen LogP contribution < -0.4 is 11.0 Å². The molecular weight excluding hydrogens is 272 g/mol. The predicted octanol–water partition coefficient (Wildman–Crippen LogP) is -0.0770. The van der Waals surface area contributed by atoms with Crippen molar-refractivity contribution in [1.29, 1.82) is 0 Å². The molecule has 0 atom stereocenters. The van der Waals surface area contributed by atoms with Crippen molar-refractivity contribution < 1.29 is 4.42 Å². The average Bonchev–Trinajstić information content (AvgIpc) is 2.97. The third-order valence-electron chi connectivity index (χ3n) is 3.45. The van der Waals surface area contributed by atoms with Crippen molar-refractivity contribution in [2.24, 2.45) is 0 Å². The summed E-state index contributed by atoms with van der Waals surface area (Å²) in [5, 5.41) is 10.0. The number of H-pyrrole nitrogens is 1. The van der Waals surface area contributed by atoms with Crippen LogP contribution in [0.3, 0.4) is 0 Å². The van der Waals surface area contributed by atoms with E-state index in [-0.39, 0.29) is 5.56 Å². The zero-order valence-corrected chi connectivity index (χ0v) is 11.9. The predicted molar refractivity (Wildman–Crippen MR) is 76.9 cm³/mol. The van der Waals surface area contributed by atoms with Crippen LogP contribution in [-0.4, -0.2) is 58.3 Å². The summed E-state index contributed by atoms with van der Waals surface area (Å²) in [7, 11) is 2.09. The first kappa shape index (κ1) is 13.8. The van der Waals surface area contributed by atoms with Gasteiger partial charge in [-0.25, -0.2) is 5.01 Å². The van der Waals surface area contributed by atoms with Gasteiger partial charge in [0, 0.05) is 26.2 Å². The molecule has 3 rings (SSSR count). The van der Waals surface area contributed by atoms with E-state index >= 15 is 0 Å². The Morgan fingerprint density at radius 1 is 1.33 bits per heavy atom. The summed E-state index contributed by atoms with van der Waals surface area (Å²) in [6.07, 6.45) is 1.91. The van der Waals surface area contributed by atoms with E-state index < -0.39 is 0 Å². The highest BCUT2D eigenvalue weighted by Crippen LogP contribution is 2.05. The largest absolute Gasteiger partial charge is 0.469 e. The summed E-state index contributed by atoms with van der Waals surface area (Å²) >= 11 is 0. The molecule has 2 aromatic rings. The van der Waals surface area contributed by atoms with Crippen LogP contribution in [0.25, 0.3) is 0 Å². The highest BCUT2D eigenvalue weighted by atomic mass is 16.3. The Bertz CT molecular complexity index is 630. The van der Waals surface area contributed by atoms with Gasteiger partial charge >= 0.3 is 0 Å². The molecule has 2 aromatic heterocycles. The molecule has 0 spiro atoms. The van der Waals surface area contributed by atoms with Crippen molar-refractivity contribution in [3.05, 3.63) is 40.2 Å². The molecule has 1 aliphatic heterocycles. The first-order valence-electron chi connectivity index (χ1n) is 6.89. The maximum atomic E-state index is 12.0. The Hall–Kier alpha value is -2.19. The van der Waals surface area contributed by atoms with Gasteiger partial charge in [0.25, 0.3) is 5.56 Å². The third kappa shape index (κ3) is 3.47. The topological polar surface area (TPSA) is 90.3 Å². The Morgan fingerprint density at radius 3 is 2.81 bits per heavy atom. The van der Waals surface area contributed by atoms with Crippen LogP contribution in [0.4, 0.5) is 5.95 Å². The van der Waals surface area contributed by atoms with E-state index in [2.05, 4.69) is 32.6 Å². The molecule has 1 saturated heterocycles. The first-order valence-corrected chi connectivity index (χ1v) is 6.89. The summed E-state index contributed by atoms with van der Waals surface area (Å²) in [4.78, 5) is 17.0. The minimum absolute atomic E-state index is 0.252. The van der Waals surface area contributed by atoms with E-state index in [9.17, 15) is 4.79 Å². The highest BCUT2D eigenvalue weighted by Gasteiger charge is 2.15. The Labute approximate surface area is 121 Å². The zero-order chi connectivity index (χ0) is 14.7. The summed E-state index contributed by atoms with van der Waals surface area (Å²) in [6.45, 7) is 3.69. The van der Waals surface area contributed by atoms with Gasteiger partial charge in [0.1, 0.15) is 11.5 Å². The summed E-state index contributed by atoms with van der Waals surface area (Å²) in [5.41, 5.74) is 3.17. The molecule has 0 amide bonds. The molecule has 0 bridgehead atoms. The lowest BCUT2D eigenvalue weighted by Crippen LogP contribution is -2.47. The van der Waals surface area contributed by atoms with Gasteiger partial charge in [-0.05, 0) is 19.2 Å². The number of hydrazine groups is 1. The van der Waals surface area contributed by atoms with Gasteiger partial charge in [-0.1, -0.05) is 0 Å². The van der Waals surface area contributed by atoms with Gasteiger partial charge in [-0.3, -0.25) is 15.2 Å². The van der Waals surface area contributed by atoms with Crippen molar-refractivity contribution in [3.63, 3.8) is 0 Å². The van der Waals surface area contributed by atoms with Gasteiger partial charge in [-0.15, -0.1) is 10.2 Å². The number of hydrogen-bond acceptors (Lipinski definition) is 7. The van der Waals surface area contributed by atoms with Gasteiger partial charge in [0.05, 0.1) is 12.7 Å². The molecule has 0 saturated carbocycles. The number of furan rings is 1. The van der Waals surface area contributed by atoms with Gasteiger partial charge in [0.2, 0.25) is 5.95 Å². The van der Waals surface area contributed by atoms with Crippen LogP contribution in [0.2, 0.25) is 0 Å². The molecule has 112 valence electrons. The quantitative estimate of drug-likeness (QED) is 0.814. The lowest BCUT2D eigenvalue weighted by atomic mass is 10.2. The number of nitrogens with zero attached hydrogens (tertiary/aromatic N) is 4. The molecule has 3 heterocycles.